The van der Waals surface area contributed by atoms with Gasteiger partial charge in [-0.1, -0.05) is 96.6 Å². The highest BCUT2D eigenvalue weighted by molar-refractivity contribution is 6.23. The van der Waals surface area contributed by atoms with Crippen LogP contribution in [-0.4, -0.2) is 9.97 Å². The van der Waals surface area contributed by atoms with Crippen LogP contribution >= 0.6 is 0 Å². The summed E-state index contributed by atoms with van der Waals surface area (Å²) in [5, 5.41) is 4.75. The molecule has 0 N–H and O–H groups in total. The molecule has 0 saturated carbocycles. The third-order valence-corrected chi connectivity index (χ3v) is 8.01. The molecule has 3 heteroatoms. The van der Waals surface area contributed by atoms with Crippen LogP contribution in [0, 0.1) is 13.8 Å². The maximum absolute atomic E-state index is 5.21. The Morgan fingerprint density at radius 1 is 0.750 bits per heavy atom. The Balaban J connectivity index is 1.34. The minimum atomic E-state index is 0.875. The number of rotatable bonds is 2. The van der Waals surface area contributed by atoms with Crippen LogP contribution in [0.3, 0.4) is 0 Å². The van der Waals surface area contributed by atoms with E-state index in [1.54, 1.807) is 0 Å². The lowest BCUT2D eigenvalue weighted by Gasteiger charge is -2.31. The second kappa shape index (κ2) is 9.77. The summed E-state index contributed by atoms with van der Waals surface area (Å²) in [6.07, 6.45) is 17.9. The second-order valence-electron chi connectivity index (χ2n) is 10.8. The minimum Gasteiger partial charge on any atom is -0.315 e. The summed E-state index contributed by atoms with van der Waals surface area (Å²) in [5.74, 6) is 0. The molecule has 4 aromatic carbocycles. The molecule has 0 saturated heterocycles. The van der Waals surface area contributed by atoms with E-state index in [0.717, 1.165) is 63.7 Å². The fourth-order valence-electron chi connectivity index (χ4n) is 6.02. The van der Waals surface area contributed by atoms with E-state index in [1.165, 1.54) is 33.2 Å². The van der Waals surface area contributed by atoms with Crippen LogP contribution in [0.15, 0.2) is 127 Å². The Bertz CT molecular complexity index is 1950. The Labute approximate surface area is 235 Å². The second-order valence-corrected chi connectivity index (χ2v) is 10.8. The van der Waals surface area contributed by atoms with E-state index in [2.05, 4.69) is 122 Å². The molecule has 1 aliphatic carbocycles. The van der Waals surface area contributed by atoms with Crippen molar-refractivity contribution >= 4 is 38.3 Å². The lowest BCUT2D eigenvalue weighted by Crippen LogP contribution is -2.22. The molecule has 1 aliphatic heterocycles. The predicted molar refractivity (Wildman–Crippen MR) is 169 cm³/mol. The van der Waals surface area contributed by atoms with Crippen LogP contribution in [0.5, 0.6) is 0 Å². The molecule has 3 nitrogen and oxygen atoms in total. The van der Waals surface area contributed by atoms with Gasteiger partial charge in [-0.25, -0.2) is 4.98 Å². The van der Waals surface area contributed by atoms with Gasteiger partial charge in [-0.3, -0.25) is 4.98 Å². The number of hydrogen-bond donors (Lipinski definition) is 0. The number of benzene rings is 4. The minimum absolute atomic E-state index is 0.875. The van der Waals surface area contributed by atoms with Crippen LogP contribution < -0.4 is 4.90 Å². The zero-order valence-corrected chi connectivity index (χ0v) is 23.0. The van der Waals surface area contributed by atoms with E-state index in [4.69, 9.17) is 9.97 Å². The van der Waals surface area contributed by atoms with E-state index in [1.807, 2.05) is 6.20 Å². The molecule has 0 bridgehead atoms. The number of nitrogens with zero attached hydrogens (tertiary/aromatic N) is 3. The molecule has 0 spiro atoms. The zero-order chi connectivity index (χ0) is 27.2. The third kappa shape index (κ3) is 4.15. The molecular formula is C37H31N3. The van der Waals surface area contributed by atoms with E-state index in [-0.39, 0.29) is 0 Å². The maximum atomic E-state index is 5.21. The first-order chi connectivity index (χ1) is 19.6. The monoisotopic (exact) mass is 517 g/mol. The third-order valence-electron chi connectivity index (χ3n) is 8.01. The van der Waals surface area contributed by atoms with Gasteiger partial charge in [-0.15, -0.1) is 0 Å². The average Bonchev–Trinajstić information content (AvgIpc) is 3.05. The molecule has 0 unspecified atom stereocenters. The fourth-order valence-corrected chi connectivity index (χ4v) is 6.02. The fraction of sp³-hybridized carbons (Fsp3) is 0.135. The van der Waals surface area contributed by atoms with Crippen molar-refractivity contribution in [1.82, 2.24) is 9.97 Å². The Hall–Kier alpha value is -4.76. The first-order valence-corrected chi connectivity index (χ1v) is 14.0. The van der Waals surface area contributed by atoms with Gasteiger partial charge in [0.15, 0.2) is 0 Å². The summed E-state index contributed by atoms with van der Waals surface area (Å²) < 4.78 is 0. The summed E-state index contributed by atoms with van der Waals surface area (Å²) in [7, 11) is 0. The van der Waals surface area contributed by atoms with Gasteiger partial charge in [0.1, 0.15) is 0 Å². The van der Waals surface area contributed by atoms with Crippen molar-refractivity contribution in [1.29, 1.82) is 0 Å². The van der Waals surface area contributed by atoms with Gasteiger partial charge in [0, 0.05) is 33.4 Å². The lowest BCUT2D eigenvalue weighted by atomic mass is 9.96. The molecule has 5 aromatic rings. The number of anilines is 1. The van der Waals surface area contributed by atoms with Crippen LogP contribution in [0.4, 0.5) is 5.69 Å². The molecule has 1 aromatic heterocycles. The van der Waals surface area contributed by atoms with Gasteiger partial charge >= 0.3 is 0 Å². The van der Waals surface area contributed by atoms with Gasteiger partial charge in [-0.2, -0.15) is 0 Å². The number of allylic oxidation sites excluding steroid dienone is 8. The summed E-state index contributed by atoms with van der Waals surface area (Å²) in [4.78, 5) is 12.5. The molecular weight excluding hydrogens is 486 g/mol. The maximum Gasteiger partial charge on any atom is 0.0979 e. The van der Waals surface area contributed by atoms with Gasteiger partial charge in [0.2, 0.25) is 0 Å². The van der Waals surface area contributed by atoms with Crippen molar-refractivity contribution in [2.45, 2.75) is 33.1 Å². The Kier molecular flexibility index (Phi) is 5.93. The SMILES string of the molecule is C=C1/C=C\C=C/CC2=C(CCC=C2)N1c1ccc(-c2cnc3c4ccc(C)cc4c4cc(C)ccc4c3n2)cc1. The van der Waals surface area contributed by atoms with Gasteiger partial charge < -0.3 is 4.90 Å². The molecule has 0 fully saturated rings. The van der Waals surface area contributed by atoms with Crippen LogP contribution in [0.1, 0.15) is 30.4 Å². The molecule has 40 heavy (non-hydrogen) atoms. The van der Waals surface area contributed by atoms with Crippen LogP contribution in [-0.2, 0) is 0 Å². The highest BCUT2D eigenvalue weighted by Crippen LogP contribution is 2.37. The molecule has 0 radical (unpaired) electrons. The van der Waals surface area contributed by atoms with Gasteiger partial charge in [-0.05, 0) is 67.7 Å². The van der Waals surface area contributed by atoms with Crippen molar-refractivity contribution in [3.05, 3.63) is 138 Å². The van der Waals surface area contributed by atoms with Crippen molar-refractivity contribution in [2.75, 3.05) is 4.90 Å². The first-order valence-electron chi connectivity index (χ1n) is 14.0. The largest absolute Gasteiger partial charge is 0.315 e. The molecule has 194 valence electrons. The summed E-state index contributed by atoms with van der Waals surface area (Å²) >= 11 is 0. The van der Waals surface area contributed by atoms with Crippen molar-refractivity contribution in [3.63, 3.8) is 0 Å². The number of aromatic nitrogens is 2. The van der Waals surface area contributed by atoms with Crippen molar-refractivity contribution < 1.29 is 0 Å². The molecule has 7 rings (SSSR count). The zero-order valence-electron chi connectivity index (χ0n) is 23.0. The highest BCUT2D eigenvalue weighted by Gasteiger charge is 2.20. The van der Waals surface area contributed by atoms with E-state index in [9.17, 15) is 0 Å². The first kappa shape index (κ1) is 24.3. The van der Waals surface area contributed by atoms with Crippen molar-refractivity contribution in [2.24, 2.45) is 0 Å². The average molecular weight is 518 g/mol. The quantitative estimate of drug-likeness (QED) is 0.218. The van der Waals surface area contributed by atoms with Crippen molar-refractivity contribution in [3.8, 4) is 11.3 Å². The van der Waals surface area contributed by atoms with Crippen LogP contribution in [0.25, 0.3) is 43.8 Å². The van der Waals surface area contributed by atoms with Crippen LogP contribution in [0.2, 0.25) is 0 Å². The number of fused-ring (bicyclic) bond motifs is 6. The highest BCUT2D eigenvalue weighted by atomic mass is 15.2. The van der Waals surface area contributed by atoms with E-state index < -0.39 is 0 Å². The van der Waals surface area contributed by atoms with Gasteiger partial charge in [0.05, 0.1) is 22.9 Å². The number of aryl methyl sites for hydroxylation is 2. The summed E-state index contributed by atoms with van der Waals surface area (Å²) in [6, 6.07) is 21.9. The van der Waals surface area contributed by atoms with E-state index >= 15 is 0 Å². The summed E-state index contributed by atoms with van der Waals surface area (Å²) in [5.41, 5.74) is 11.1. The normalized spacial score (nSPS) is 17.1. The molecule has 2 heterocycles. The van der Waals surface area contributed by atoms with Gasteiger partial charge in [0.25, 0.3) is 0 Å². The standard InChI is InChI=1S/C37H31N3/c1-24-13-19-30-32(21-24)33-22-25(2)14-20-31(33)37-36(30)38-23-34(39-37)27-15-17-29(18-16-27)40-26(3)9-5-4-6-10-28-11-7-8-12-35(28)40/h4-7,9,11,13-23H,3,8,10,12H2,1-2H3/b6-4-,9-5-. The van der Waals surface area contributed by atoms with E-state index in [0.29, 0.717) is 0 Å². The predicted octanol–water partition coefficient (Wildman–Crippen LogP) is 9.66. The lowest BCUT2D eigenvalue weighted by molar-refractivity contribution is 0.873. The molecule has 0 atom stereocenters. The Morgan fingerprint density at radius 2 is 1.48 bits per heavy atom. The molecule has 0 amide bonds. The molecule has 2 aliphatic rings. The smallest absolute Gasteiger partial charge is 0.0979 e. The Morgan fingerprint density at radius 3 is 2.23 bits per heavy atom. The summed E-state index contributed by atoms with van der Waals surface area (Å²) in [6.45, 7) is 8.70. The topological polar surface area (TPSA) is 29.0 Å². The number of hydrogen-bond acceptors (Lipinski definition) is 3.